The lowest BCUT2D eigenvalue weighted by Gasteiger charge is -2.40. The molecule has 4 rings (SSSR count). The van der Waals surface area contributed by atoms with Crippen molar-refractivity contribution in [2.24, 2.45) is 0 Å². The highest BCUT2D eigenvalue weighted by atomic mass is 35.5. The summed E-state index contributed by atoms with van der Waals surface area (Å²) in [5.41, 5.74) is 1.13. The van der Waals surface area contributed by atoms with E-state index >= 15 is 0 Å². The Morgan fingerprint density at radius 2 is 1.91 bits per heavy atom. The summed E-state index contributed by atoms with van der Waals surface area (Å²) in [6.07, 6.45) is 4.11. The van der Waals surface area contributed by atoms with Crippen LogP contribution in [0.3, 0.4) is 0 Å². The summed E-state index contributed by atoms with van der Waals surface area (Å²) in [6.45, 7) is 8.99. The number of hydrogen-bond donors (Lipinski definition) is 1. The van der Waals surface area contributed by atoms with E-state index in [-0.39, 0.29) is 10.6 Å². The molecular weight excluding hydrogens is 447 g/mol. The van der Waals surface area contributed by atoms with Crippen LogP contribution in [0.15, 0.2) is 30.6 Å². The zero-order valence-electron chi connectivity index (χ0n) is 19.0. The maximum absolute atomic E-state index is 13.7. The third kappa shape index (κ3) is 5.30. The van der Waals surface area contributed by atoms with Crippen LogP contribution in [0.1, 0.15) is 40.5 Å². The van der Waals surface area contributed by atoms with Gasteiger partial charge in [0.15, 0.2) is 5.65 Å². The molecule has 0 bridgehead atoms. The van der Waals surface area contributed by atoms with Gasteiger partial charge in [-0.25, -0.2) is 24.7 Å². The molecule has 1 saturated heterocycles. The molecule has 0 saturated carbocycles. The zero-order chi connectivity index (χ0) is 23.8. The van der Waals surface area contributed by atoms with Gasteiger partial charge in [0.1, 0.15) is 22.0 Å². The lowest BCUT2D eigenvalue weighted by atomic mass is 9.90. The Hall–Kier alpha value is -3.07. The Balaban J connectivity index is 1.46. The maximum atomic E-state index is 13.7. The maximum Gasteiger partial charge on any atom is 0.408 e. The number of alkyl carbamates (subject to hydrolysis) is 1. The SMILES string of the molecule is CC1(NC(=O)OC(C)(C)C)CCN(c2cnc3nc(-c4ccnc(F)c4Cl)ccc3n2)CC1. The van der Waals surface area contributed by atoms with Crippen LogP contribution >= 0.6 is 11.6 Å². The number of amides is 1. The predicted molar refractivity (Wildman–Crippen MR) is 125 cm³/mol. The molecule has 1 fully saturated rings. The van der Waals surface area contributed by atoms with Crippen molar-refractivity contribution in [3.8, 4) is 11.3 Å². The highest BCUT2D eigenvalue weighted by Crippen LogP contribution is 2.29. The molecule has 0 aromatic carbocycles. The summed E-state index contributed by atoms with van der Waals surface area (Å²) in [5.74, 6) is 0.000101. The molecule has 0 radical (unpaired) electrons. The molecule has 0 spiro atoms. The van der Waals surface area contributed by atoms with Gasteiger partial charge in [0.25, 0.3) is 0 Å². The van der Waals surface area contributed by atoms with Crippen LogP contribution in [-0.2, 0) is 4.74 Å². The predicted octanol–water partition coefficient (Wildman–Crippen LogP) is 4.76. The number of carbonyl (C=O) groups is 1. The number of fused-ring (bicyclic) bond motifs is 1. The average Bonchev–Trinajstić information content (AvgIpc) is 2.74. The third-order valence-corrected chi connectivity index (χ3v) is 5.87. The number of piperidine rings is 1. The minimum atomic E-state index is -0.740. The molecule has 1 aliphatic heterocycles. The first-order chi connectivity index (χ1) is 15.5. The number of hydrogen-bond acceptors (Lipinski definition) is 7. The van der Waals surface area contributed by atoms with Gasteiger partial charge < -0.3 is 15.0 Å². The fraction of sp³-hybridized carbons (Fsp3) is 0.435. The van der Waals surface area contributed by atoms with Crippen LogP contribution in [0, 0.1) is 5.95 Å². The largest absolute Gasteiger partial charge is 0.444 e. The summed E-state index contributed by atoms with van der Waals surface area (Å²) in [6, 6.07) is 5.14. The van der Waals surface area contributed by atoms with E-state index < -0.39 is 17.6 Å². The number of carbonyl (C=O) groups excluding carboxylic acids is 1. The van der Waals surface area contributed by atoms with Gasteiger partial charge in [0.05, 0.1) is 11.9 Å². The van der Waals surface area contributed by atoms with Gasteiger partial charge >= 0.3 is 6.09 Å². The molecular formula is C23H26ClFN6O2. The second-order valence-corrected chi connectivity index (χ2v) is 9.78. The number of nitrogens with zero attached hydrogens (tertiary/aromatic N) is 5. The summed E-state index contributed by atoms with van der Waals surface area (Å²) < 4.78 is 19.1. The molecule has 4 heterocycles. The molecule has 1 amide bonds. The Labute approximate surface area is 196 Å². The van der Waals surface area contributed by atoms with E-state index in [1.807, 2.05) is 27.7 Å². The van der Waals surface area contributed by atoms with Crippen LogP contribution in [0.4, 0.5) is 15.0 Å². The van der Waals surface area contributed by atoms with Crippen molar-refractivity contribution in [3.63, 3.8) is 0 Å². The number of pyridine rings is 2. The average molecular weight is 473 g/mol. The smallest absolute Gasteiger partial charge is 0.408 e. The van der Waals surface area contributed by atoms with Gasteiger partial charge in [-0.3, -0.25) is 0 Å². The summed E-state index contributed by atoms with van der Waals surface area (Å²) >= 11 is 6.04. The number of aromatic nitrogens is 4. The molecule has 0 aliphatic carbocycles. The molecule has 8 nitrogen and oxygen atoms in total. The fourth-order valence-corrected chi connectivity index (χ4v) is 3.93. The summed E-state index contributed by atoms with van der Waals surface area (Å²) in [5, 5.41) is 2.93. The van der Waals surface area contributed by atoms with Gasteiger partial charge in [-0.1, -0.05) is 11.6 Å². The first kappa shape index (κ1) is 23.1. The van der Waals surface area contributed by atoms with Crippen LogP contribution in [0.5, 0.6) is 0 Å². The topological polar surface area (TPSA) is 93.1 Å². The number of ether oxygens (including phenoxy) is 1. The zero-order valence-corrected chi connectivity index (χ0v) is 19.8. The van der Waals surface area contributed by atoms with Crippen molar-refractivity contribution in [2.75, 3.05) is 18.0 Å². The summed E-state index contributed by atoms with van der Waals surface area (Å²) in [7, 11) is 0. The van der Waals surface area contributed by atoms with E-state index in [9.17, 15) is 9.18 Å². The van der Waals surface area contributed by atoms with Gasteiger partial charge in [0, 0.05) is 30.4 Å². The quantitative estimate of drug-likeness (QED) is 0.549. The minimum Gasteiger partial charge on any atom is -0.444 e. The van der Waals surface area contributed by atoms with E-state index in [0.29, 0.717) is 35.5 Å². The number of halogens is 2. The highest BCUT2D eigenvalue weighted by Gasteiger charge is 2.33. The van der Waals surface area contributed by atoms with E-state index in [1.165, 1.54) is 6.20 Å². The van der Waals surface area contributed by atoms with Crippen molar-refractivity contribution >= 4 is 34.7 Å². The number of anilines is 1. The standard InChI is InChI=1S/C23H26ClFN6O2/c1-22(2,3)33-21(32)30-23(4)8-11-31(12-9-23)17-13-27-20-16(28-17)6-5-15(29-20)14-7-10-26-19(25)18(14)24/h5-7,10,13H,8-9,11-12H2,1-4H3,(H,30,32). The Morgan fingerprint density at radius 3 is 2.61 bits per heavy atom. The number of nitrogens with one attached hydrogen (secondary N) is 1. The van der Waals surface area contributed by atoms with Crippen molar-refractivity contribution in [2.45, 2.75) is 51.7 Å². The van der Waals surface area contributed by atoms with Crippen LogP contribution in [0.2, 0.25) is 5.02 Å². The molecule has 33 heavy (non-hydrogen) atoms. The highest BCUT2D eigenvalue weighted by molar-refractivity contribution is 6.33. The van der Waals surface area contributed by atoms with Crippen molar-refractivity contribution < 1.29 is 13.9 Å². The van der Waals surface area contributed by atoms with Gasteiger partial charge in [-0.2, -0.15) is 4.39 Å². The van der Waals surface area contributed by atoms with Crippen LogP contribution in [-0.4, -0.2) is 50.3 Å². The van der Waals surface area contributed by atoms with Crippen LogP contribution < -0.4 is 10.2 Å². The van der Waals surface area contributed by atoms with Crippen molar-refractivity contribution in [1.82, 2.24) is 25.3 Å². The van der Waals surface area contributed by atoms with Gasteiger partial charge in [-0.15, -0.1) is 0 Å². The normalized spacial score (nSPS) is 16.0. The Morgan fingerprint density at radius 1 is 1.18 bits per heavy atom. The first-order valence-corrected chi connectivity index (χ1v) is 11.1. The first-order valence-electron chi connectivity index (χ1n) is 10.7. The van der Waals surface area contributed by atoms with E-state index in [4.69, 9.17) is 21.3 Å². The van der Waals surface area contributed by atoms with Crippen LogP contribution in [0.25, 0.3) is 22.4 Å². The third-order valence-electron chi connectivity index (χ3n) is 5.51. The molecule has 174 valence electrons. The summed E-state index contributed by atoms with van der Waals surface area (Å²) in [4.78, 5) is 31.5. The van der Waals surface area contributed by atoms with Crippen molar-refractivity contribution in [1.29, 1.82) is 0 Å². The van der Waals surface area contributed by atoms with Gasteiger partial charge in [-0.05, 0) is 58.7 Å². The molecule has 1 N–H and O–H groups in total. The molecule has 3 aromatic rings. The Bertz CT molecular complexity index is 1190. The van der Waals surface area contributed by atoms with E-state index in [0.717, 1.165) is 18.7 Å². The van der Waals surface area contributed by atoms with E-state index in [2.05, 4.69) is 25.2 Å². The fourth-order valence-electron chi connectivity index (χ4n) is 3.72. The lowest BCUT2D eigenvalue weighted by molar-refractivity contribution is 0.0448. The van der Waals surface area contributed by atoms with Crippen molar-refractivity contribution in [3.05, 3.63) is 41.6 Å². The lowest BCUT2D eigenvalue weighted by Crippen LogP contribution is -2.54. The van der Waals surface area contributed by atoms with Gasteiger partial charge in [0.2, 0.25) is 5.95 Å². The second-order valence-electron chi connectivity index (χ2n) is 9.41. The second kappa shape index (κ2) is 8.70. The molecule has 0 atom stereocenters. The molecule has 3 aromatic heterocycles. The number of rotatable bonds is 3. The molecule has 0 unspecified atom stereocenters. The monoisotopic (exact) mass is 472 g/mol. The Kier molecular flexibility index (Phi) is 6.09. The molecule has 1 aliphatic rings. The van der Waals surface area contributed by atoms with E-state index in [1.54, 1.807) is 24.4 Å². The molecule has 10 heteroatoms. The minimum absolute atomic E-state index is 0.0784.